The van der Waals surface area contributed by atoms with Crippen LogP contribution in [0.4, 0.5) is 5.13 Å². The molecule has 1 aromatic heterocycles. The quantitative estimate of drug-likeness (QED) is 0.349. The number of anilines is 1. The Morgan fingerprint density at radius 3 is 2.77 bits per heavy atom. The molecule has 1 aromatic carbocycles. The molecule has 0 unspecified atom stereocenters. The maximum absolute atomic E-state index is 13.0. The van der Waals surface area contributed by atoms with E-state index in [9.17, 15) is 9.59 Å². The first-order chi connectivity index (χ1) is 16.9. The second-order valence-electron chi connectivity index (χ2n) is 8.40. The van der Waals surface area contributed by atoms with Crippen LogP contribution in [0.15, 0.2) is 23.1 Å². The standard InChI is InChI=1S/C24H28N4O4S3/c1-15-26-27-23(34-15)25-21(29)9-6-12-28-22(30)20(35-24(28)33)14-16-10-11-18(19(13-16)31-2)32-17-7-4-3-5-8-17/h10-11,13-14,17H,3-9,12H2,1-2H3,(H,25,27,29)/b20-14-. The van der Waals surface area contributed by atoms with E-state index in [1.807, 2.05) is 31.2 Å². The van der Waals surface area contributed by atoms with Crippen molar-refractivity contribution in [1.29, 1.82) is 0 Å². The van der Waals surface area contributed by atoms with Gasteiger partial charge in [-0.3, -0.25) is 14.5 Å². The fraction of sp³-hybridized carbons (Fsp3) is 0.458. The van der Waals surface area contributed by atoms with Crippen LogP contribution >= 0.6 is 35.3 Å². The second-order valence-corrected chi connectivity index (χ2v) is 11.3. The third-order valence-corrected chi connectivity index (χ3v) is 7.89. The maximum Gasteiger partial charge on any atom is 0.266 e. The number of ether oxygens (including phenoxy) is 2. The summed E-state index contributed by atoms with van der Waals surface area (Å²) >= 11 is 8.01. The van der Waals surface area contributed by atoms with Crippen molar-refractivity contribution in [2.75, 3.05) is 19.0 Å². The summed E-state index contributed by atoms with van der Waals surface area (Å²) < 4.78 is 12.2. The molecule has 1 N–H and O–H groups in total. The molecule has 4 rings (SSSR count). The number of aryl methyl sites for hydroxylation is 1. The van der Waals surface area contributed by atoms with Crippen LogP contribution in [0.25, 0.3) is 6.08 Å². The van der Waals surface area contributed by atoms with E-state index < -0.39 is 0 Å². The number of amides is 2. The van der Waals surface area contributed by atoms with Gasteiger partial charge in [-0.1, -0.05) is 47.8 Å². The number of carbonyl (C=O) groups is 2. The number of hydrogen-bond donors (Lipinski definition) is 1. The lowest BCUT2D eigenvalue weighted by atomic mass is 9.98. The molecule has 0 bridgehead atoms. The summed E-state index contributed by atoms with van der Waals surface area (Å²) in [6.07, 6.45) is 8.58. The van der Waals surface area contributed by atoms with Crippen LogP contribution in [-0.2, 0) is 9.59 Å². The summed E-state index contributed by atoms with van der Waals surface area (Å²) in [7, 11) is 1.62. The molecular formula is C24H28N4O4S3. The molecular weight excluding hydrogens is 504 g/mol. The number of benzene rings is 1. The molecule has 1 saturated carbocycles. The van der Waals surface area contributed by atoms with E-state index in [1.54, 1.807) is 12.0 Å². The summed E-state index contributed by atoms with van der Waals surface area (Å²) in [6.45, 7) is 2.20. The van der Waals surface area contributed by atoms with E-state index in [2.05, 4.69) is 15.5 Å². The van der Waals surface area contributed by atoms with Crippen LogP contribution in [0.1, 0.15) is 55.5 Å². The molecule has 2 fully saturated rings. The SMILES string of the molecule is COc1cc(/C=C2\SC(=S)N(CCCC(=O)Nc3nnc(C)s3)C2=O)ccc1OC1CCCCC1. The molecule has 35 heavy (non-hydrogen) atoms. The van der Waals surface area contributed by atoms with E-state index in [0.717, 1.165) is 29.2 Å². The maximum atomic E-state index is 13.0. The van der Waals surface area contributed by atoms with Crippen molar-refractivity contribution >= 4 is 62.7 Å². The molecule has 2 heterocycles. The Morgan fingerprint density at radius 2 is 2.06 bits per heavy atom. The van der Waals surface area contributed by atoms with Gasteiger partial charge in [0.1, 0.15) is 9.33 Å². The Labute approximate surface area is 218 Å². The van der Waals surface area contributed by atoms with Gasteiger partial charge in [-0.25, -0.2) is 0 Å². The van der Waals surface area contributed by atoms with Crippen LogP contribution in [0.2, 0.25) is 0 Å². The minimum atomic E-state index is -0.162. The highest BCUT2D eigenvalue weighted by Gasteiger charge is 2.31. The zero-order chi connectivity index (χ0) is 24.8. The summed E-state index contributed by atoms with van der Waals surface area (Å²) in [5.74, 6) is 1.06. The minimum Gasteiger partial charge on any atom is -0.493 e. The van der Waals surface area contributed by atoms with Crippen LogP contribution in [0.3, 0.4) is 0 Å². The Kier molecular flexibility index (Phi) is 8.74. The highest BCUT2D eigenvalue weighted by molar-refractivity contribution is 8.26. The van der Waals surface area contributed by atoms with Gasteiger partial charge in [-0.15, -0.1) is 10.2 Å². The predicted molar refractivity (Wildman–Crippen MR) is 143 cm³/mol. The fourth-order valence-electron chi connectivity index (χ4n) is 4.00. The Balaban J connectivity index is 1.33. The van der Waals surface area contributed by atoms with Crippen molar-refractivity contribution in [2.24, 2.45) is 0 Å². The van der Waals surface area contributed by atoms with Crippen molar-refractivity contribution < 1.29 is 19.1 Å². The molecule has 0 spiro atoms. The first kappa shape index (κ1) is 25.6. The predicted octanol–water partition coefficient (Wildman–Crippen LogP) is 5.19. The number of thioether (sulfide) groups is 1. The van der Waals surface area contributed by atoms with Crippen molar-refractivity contribution in [3.8, 4) is 11.5 Å². The third-order valence-electron chi connectivity index (χ3n) is 5.76. The normalized spacial score (nSPS) is 17.8. The zero-order valence-electron chi connectivity index (χ0n) is 19.7. The average molecular weight is 533 g/mol. The first-order valence-corrected chi connectivity index (χ1v) is 13.7. The van der Waals surface area contributed by atoms with Crippen LogP contribution in [-0.4, -0.2) is 51.0 Å². The van der Waals surface area contributed by atoms with Gasteiger partial charge in [0, 0.05) is 13.0 Å². The number of aromatic nitrogens is 2. The number of carbonyl (C=O) groups excluding carboxylic acids is 2. The molecule has 0 atom stereocenters. The average Bonchev–Trinajstić information content (AvgIpc) is 3.37. The number of methoxy groups -OCH3 is 1. The molecule has 1 saturated heterocycles. The fourth-order valence-corrected chi connectivity index (χ4v) is 5.92. The van der Waals surface area contributed by atoms with Gasteiger partial charge >= 0.3 is 0 Å². The summed E-state index contributed by atoms with van der Waals surface area (Å²) in [5, 5.41) is 11.8. The van der Waals surface area contributed by atoms with Gasteiger partial charge in [0.2, 0.25) is 11.0 Å². The van der Waals surface area contributed by atoms with Crippen molar-refractivity contribution in [3.63, 3.8) is 0 Å². The monoisotopic (exact) mass is 532 g/mol. The van der Waals surface area contributed by atoms with Gasteiger partial charge in [0.25, 0.3) is 5.91 Å². The van der Waals surface area contributed by atoms with Gasteiger partial charge in [-0.05, 0) is 62.8 Å². The molecule has 1 aliphatic carbocycles. The molecule has 8 nitrogen and oxygen atoms in total. The van der Waals surface area contributed by atoms with Crippen molar-refractivity contribution in [2.45, 2.75) is 58.0 Å². The van der Waals surface area contributed by atoms with E-state index in [-0.39, 0.29) is 24.3 Å². The minimum absolute atomic E-state index is 0.151. The van der Waals surface area contributed by atoms with E-state index in [0.29, 0.717) is 33.1 Å². The van der Waals surface area contributed by atoms with E-state index in [1.165, 1.54) is 42.4 Å². The van der Waals surface area contributed by atoms with Crippen LogP contribution < -0.4 is 14.8 Å². The van der Waals surface area contributed by atoms with Crippen molar-refractivity contribution in [3.05, 3.63) is 33.7 Å². The highest BCUT2D eigenvalue weighted by Crippen LogP contribution is 2.36. The molecule has 2 aromatic rings. The molecule has 11 heteroatoms. The first-order valence-electron chi connectivity index (χ1n) is 11.6. The Morgan fingerprint density at radius 1 is 1.26 bits per heavy atom. The third kappa shape index (κ3) is 6.80. The zero-order valence-corrected chi connectivity index (χ0v) is 22.2. The topological polar surface area (TPSA) is 93.6 Å². The van der Waals surface area contributed by atoms with E-state index in [4.69, 9.17) is 21.7 Å². The molecule has 0 radical (unpaired) electrons. The largest absolute Gasteiger partial charge is 0.493 e. The van der Waals surface area contributed by atoms with Crippen LogP contribution in [0.5, 0.6) is 11.5 Å². The van der Waals surface area contributed by atoms with Gasteiger partial charge in [0.15, 0.2) is 11.5 Å². The summed E-state index contributed by atoms with van der Waals surface area (Å²) in [5.41, 5.74) is 0.838. The molecule has 186 valence electrons. The smallest absolute Gasteiger partial charge is 0.266 e. The summed E-state index contributed by atoms with van der Waals surface area (Å²) in [4.78, 5) is 27.2. The summed E-state index contributed by atoms with van der Waals surface area (Å²) in [6, 6.07) is 5.70. The van der Waals surface area contributed by atoms with Gasteiger partial charge in [-0.2, -0.15) is 0 Å². The second kappa shape index (κ2) is 12.0. The lowest BCUT2D eigenvalue weighted by Gasteiger charge is -2.24. The van der Waals surface area contributed by atoms with Gasteiger partial charge < -0.3 is 14.8 Å². The number of nitrogens with one attached hydrogen (secondary N) is 1. The number of thiocarbonyl (C=S) groups is 1. The number of hydrogen-bond acceptors (Lipinski definition) is 9. The number of rotatable bonds is 9. The lowest BCUT2D eigenvalue weighted by Crippen LogP contribution is -2.29. The lowest BCUT2D eigenvalue weighted by molar-refractivity contribution is -0.122. The Bertz CT molecular complexity index is 1130. The molecule has 2 amide bonds. The van der Waals surface area contributed by atoms with Crippen LogP contribution in [0, 0.1) is 6.92 Å². The Hall–Kier alpha value is -2.50. The number of nitrogens with zero attached hydrogens (tertiary/aromatic N) is 3. The van der Waals surface area contributed by atoms with Crippen molar-refractivity contribution in [1.82, 2.24) is 15.1 Å². The molecule has 2 aliphatic rings. The van der Waals surface area contributed by atoms with E-state index >= 15 is 0 Å². The highest BCUT2D eigenvalue weighted by atomic mass is 32.2. The molecule has 1 aliphatic heterocycles. The van der Waals surface area contributed by atoms with Gasteiger partial charge in [0.05, 0.1) is 18.1 Å².